The molecule has 0 spiro atoms. The summed E-state index contributed by atoms with van der Waals surface area (Å²) in [6.45, 7) is 2.93. The SMILES string of the molecule is CCC(NC(=O)CCCNC)c1nccs1. The monoisotopic (exact) mass is 241 g/mol. The van der Waals surface area contributed by atoms with E-state index in [1.807, 2.05) is 12.4 Å². The molecule has 1 amide bonds. The summed E-state index contributed by atoms with van der Waals surface area (Å²) in [5.41, 5.74) is 0. The molecule has 0 saturated heterocycles. The van der Waals surface area contributed by atoms with E-state index in [0.717, 1.165) is 24.4 Å². The predicted octanol–water partition coefficient (Wildman–Crippen LogP) is 1.71. The molecule has 0 aliphatic carbocycles. The predicted molar refractivity (Wildman–Crippen MR) is 66.4 cm³/mol. The average molecular weight is 241 g/mol. The van der Waals surface area contributed by atoms with E-state index in [1.54, 1.807) is 17.5 Å². The number of hydrogen-bond acceptors (Lipinski definition) is 4. The number of thiazole rings is 1. The fourth-order valence-electron chi connectivity index (χ4n) is 1.44. The summed E-state index contributed by atoms with van der Waals surface area (Å²) >= 11 is 1.59. The minimum Gasteiger partial charge on any atom is -0.347 e. The van der Waals surface area contributed by atoms with Gasteiger partial charge in [-0.05, 0) is 26.4 Å². The van der Waals surface area contributed by atoms with Crippen molar-refractivity contribution in [1.82, 2.24) is 15.6 Å². The average Bonchev–Trinajstić information content (AvgIpc) is 2.79. The molecule has 1 atom stereocenters. The van der Waals surface area contributed by atoms with Crippen molar-refractivity contribution in [3.8, 4) is 0 Å². The van der Waals surface area contributed by atoms with Crippen molar-refractivity contribution in [2.45, 2.75) is 32.2 Å². The van der Waals surface area contributed by atoms with Gasteiger partial charge in [-0.25, -0.2) is 4.98 Å². The lowest BCUT2D eigenvalue weighted by Crippen LogP contribution is -2.28. The van der Waals surface area contributed by atoms with Crippen molar-refractivity contribution in [3.63, 3.8) is 0 Å². The van der Waals surface area contributed by atoms with Crippen LogP contribution in [0.4, 0.5) is 0 Å². The minimum absolute atomic E-state index is 0.0714. The third-order valence-corrected chi connectivity index (χ3v) is 3.21. The Morgan fingerprint density at radius 1 is 1.62 bits per heavy atom. The Morgan fingerprint density at radius 3 is 3.00 bits per heavy atom. The molecule has 1 aromatic rings. The second kappa shape index (κ2) is 7.35. The molecule has 0 aromatic carbocycles. The fourth-order valence-corrected chi connectivity index (χ4v) is 2.21. The topological polar surface area (TPSA) is 54.0 Å². The zero-order valence-electron chi connectivity index (χ0n) is 9.82. The Morgan fingerprint density at radius 2 is 2.44 bits per heavy atom. The highest BCUT2D eigenvalue weighted by Crippen LogP contribution is 2.18. The Labute approximate surface area is 100 Å². The first-order chi connectivity index (χ1) is 7.77. The van der Waals surface area contributed by atoms with Crippen LogP contribution < -0.4 is 10.6 Å². The molecule has 1 heterocycles. The smallest absolute Gasteiger partial charge is 0.220 e. The van der Waals surface area contributed by atoms with Crippen LogP contribution in [0.2, 0.25) is 0 Å². The van der Waals surface area contributed by atoms with Gasteiger partial charge in [0.05, 0.1) is 6.04 Å². The lowest BCUT2D eigenvalue weighted by Gasteiger charge is -2.14. The van der Waals surface area contributed by atoms with E-state index >= 15 is 0 Å². The molecule has 0 saturated carbocycles. The Hall–Kier alpha value is -0.940. The molecule has 16 heavy (non-hydrogen) atoms. The number of nitrogens with zero attached hydrogens (tertiary/aromatic N) is 1. The first kappa shape index (κ1) is 13.1. The van der Waals surface area contributed by atoms with E-state index in [9.17, 15) is 4.79 Å². The molecule has 0 radical (unpaired) electrons. The van der Waals surface area contributed by atoms with Gasteiger partial charge in [-0.3, -0.25) is 4.79 Å². The van der Waals surface area contributed by atoms with Crippen LogP contribution >= 0.6 is 11.3 Å². The summed E-state index contributed by atoms with van der Waals surface area (Å²) < 4.78 is 0. The standard InChI is InChI=1S/C11H19N3OS/c1-3-9(11-13-7-8-16-11)14-10(15)5-4-6-12-2/h7-9,12H,3-6H2,1-2H3,(H,14,15). The van der Waals surface area contributed by atoms with E-state index in [4.69, 9.17) is 0 Å². The molecule has 1 rings (SSSR count). The number of rotatable bonds is 7. The highest BCUT2D eigenvalue weighted by molar-refractivity contribution is 7.09. The number of carbonyl (C=O) groups is 1. The Bertz CT molecular complexity index is 300. The molecule has 1 unspecified atom stereocenters. The maximum absolute atomic E-state index is 11.6. The summed E-state index contributed by atoms with van der Waals surface area (Å²) in [5, 5.41) is 8.96. The van der Waals surface area contributed by atoms with Gasteiger partial charge >= 0.3 is 0 Å². The first-order valence-electron chi connectivity index (χ1n) is 5.61. The third kappa shape index (κ3) is 4.28. The summed E-state index contributed by atoms with van der Waals surface area (Å²) in [5.74, 6) is 0.109. The van der Waals surface area contributed by atoms with Crippen molar-refractivity contribution in [2.24, 2.45) is 0 Å². The maximum atomic E-state index is 11.6. The zero-order chi connectivity index (χ0) is 11.8. The normalized spacial score (nSPS) is 12.4. The van der Waals surface area contributed by atoms with Gasteiger partial charge in [0.2, 0.25) is 5.91 Å². The minimum atomic E-state index is 0.0714. The molecule has 4 nitrogen and oxygen atoms in total. The number of hydrogen-bond donors (Lipinski definition) is 2. The van der Waals surface area contributed by atoms with Crippen LogP contribution in [0.25, 0.3) is 0 Å². The highest BCUT2D eigenvalue weighted by Gasteiger charge is 2.14. The van der Waals surface area contributed by atoms with Gasteiger partial charge in [-0.1, -0.05) is 6.92 Å². The second-order valence-electron chi connectivity index (χ2n) is 3.61. The van der Waals surface area contributed by atoms with Crippen molar-refractivity contribution in [2.75, 3.05) is 13.6 Å². The summed E-state index contributed by atoms with van der Waals surface area (Å²) in [6, 6.07) is 0.0714. The first-order valence-corrected chi connectivity index (χ1v) is 6.49. The number of amides is 1. The van der Waals surface area contributed by atoms with E-state index in [2.05, 4.69) is 22.5 Å². The second-order valence-corrected chi connectivity index (χ2v) is 4.53. The highest BCUT2D eigenvalue weighted by atomic mass is 32.1. The van der Waals surface area contributed by atoms with Gasteiger partial charge in [0.1, 0.15) is 5.01 Å². The van der Waals surface area contributed by atoms with Crippen molar-refractivity contribution < 1.29 is 4.79 Å². The molecule has 0 aliphatic rings. The molecule has 5 heteroatoms. The van der Waals surface area contributed by atoms with Gasteiger partial charge < -0.3 is 10.6 Å². The molecular weight excluding hydrogens is 222 g/mol. The van der Waals surface area contributed by atoms with Crippen LogP contribution in [0.3, 0.4) is 0 Å². The van der Waals surface area contributed by atoms with Crippen LogP contribution in [0.1, 0.15) is 37.2 Å². The van der Waals surface area contributed by atoms with Crippen LogP contribution in [0.5, 0.6) is 0 Å². The van der Waals surface area contributed by atoms with Crippen LogP contribution in [0.15, 0.2) is 11.6 Å². The van der Waals surface area contributed by atoms with Gasteiger partial charge in [0.15, 0.2) is 0 Å². The van der Waals surface area contributed by atoms with Crippen LogP contribution in [0, 0.1) is 0 Å². The fraction of sp³-hybridized carbons (Fsp3) is 0.636. The summed E-state index contributed by atoms with van der Waals surface area (Å²) in [4.78, 5) is 15.8. The molecule has 2 N–H and O–H groups in total. The number of nitrogens with one attached hydrogen (secondary N) is 2. The van der Waals surface area contributed by atoms with E-state index in [1.165, 1.54) is 0 Å². The van der Waals surface area contributed by atoms with Crippen molar-refractivity contribution in [1.29, 1.82) is 0 Å². The quantitative estimate of drug-likeness (QED) is 0.715. The summed E-state index contributed by atoms with van der Waals surface area (Å²) in [6.07, 6.45) is 4.10. The van der Waals surface area contributed by atoms with Crippen LogP contribution in [-0.4, -0.2) is 24.5 Å². The van der Waals surface area contributed by atoms with Gasteiger partial charge in [-0.15, -0.1) is 11.3 Å². The molecule has 0 fully saturated rings. The number of carbonyl (C=O) groups excluding carboxylic acids is 1. The Kier molecular flexibility index (Phi) is 6.03. The van der Waals surface area contributed by atoms with Gasteiger partial charge in [0.25, 0.3) is 0 Å². The van der Waals surface area contributed by atoms with E-state index in [0.29, 0.717) is 6.42 Å². The summed E-state index contributed by atoms with van der Waals surface area (Å²) in [7, 11) is 1.89. The third-order valence-electron chi connectivity index (χ3n) is 2.32. The molecule has 1 aromatic heterocycles. The molecule has 0 aliphatic heterocycles. The molecule has 90 valence electrons. The van der Waals surface area contributed by atoms with E-state index in [-0.39, 0.29) is 11.9 Å². The molecular formula is C11H19N3OS. The van der Waals surface area contributed by atoms with Crippen molar-refractivity contribution >= 4 is 17.2 Å². The van der Waals surface area contributed by atoms with Crippen molar-refractivity contribution in [3.05, 3.63) is 16.6 Å². The van der Waals surface area contributed by atoms with Crippen LogP contribution in [-0.2, 0) is 4.79 Å². The van der Waals surface area contributed by atoms with E-state index < -0.39 is 0 Å². The zero-order valence-corrected chi connectivity index (χ0v) is 10.6. The number of aromatic nitrogens is 1. The Balaban J connectivity index is 2.36. The van der Waals surface area contributed by atoms with Gasteiger partial charge in [0, 0.05) is 18.0 Å². The lowest BCUT2D eigenvalue weighted by molar-refractivity contribution is -0.121. The maximum Gasteiger partial charge on any atom is 0.220 e. The lowest BCUT2D eigenvalue weighted by atomic mass is 10.2. The largest absolute Gasteiger partial charge is 0.347 e. The van der Waals surface area contributed by atoms with Gasteiger partial charge in [-0.2, -0.15) is 0 Å². The molecule has 0 bridgehead atoms.